The van der Waals surface area contributed by atoms with Gasteiger partial charge < -0.3 is 5.32 Å². The van der Waals surface area contributed by atoms with Crippen LogP contribution in [0.3, 0.4) is 0 Å². The number of nitrogens with one attached hydrogen (secondary N) is 1. The highest BCUT2D eigenvalue weighted by atomic mass is 16.1. The van der Waals surface area contributed by atoms with Gasteiger partial charge in [-0.25, -0.2) is 0 Å². The highest BCUT2D eigenvalue weighted by Crippen LogP contribution is 2.02. The van der Waals surface area contributed by atoms with Crippen LogP contribution in [-0.4, -0.2) is 17.4 Å². The number of pyridine rings is 1. The van der Waals surface area contributed by atoms with Crippen molar-refractivity contribution in [1.29, 1.82) is 5.26 Å². The Morgan fingerprint density at radius 3 is 3.13 bits per heavy atom. The summed E-state index contributed by atoms with van der Waals surface area (Å²) in [7, 11) is 0. The molecule has 0 aliphatic rings. The molecule has 1 aromatic heterocycles. The van der Waals surface area contributed by atoms with E-state index in [4.69, 9.17) is 5.26 Å². The molecule has 1 rings (SSSR count). The molecule has 1 aromatic rings. The number of nitrogens with zero attached hydrogens (tertiary/aromatic N) is 2. The van der Waals surface area contributed by atoms with Gasteiger partial charge in [0.15, 0.2) is 0 Å². The highest BCUT2D eigenvalue weighted by molar-refractivity contribution is 5.93. The lowest BCUT2D eigenvalue weighted by molar-refractivity contribution is 0.0947. The Morgan fingerprint density at radius 2 is 2.47 bits per heavy atom. The molecule has 0 aliphatic carbocycles. The highest BCUT2D eigenvalue weighted by Gasteiger charge is 2.08. The molecular weight excluding hydrogens is 190 g/mol. The number of hydrogen-bond donors (Lipinski definition) is 1. The summed E-state index contributed by atoms with van der Waals surface area (Å²) in [5.41, 5.74) is 1.31. The second-order valence-corrected chi connectivity index (χ2v) is 3.19. The van der Waals surface area contributed by atoms with E-state index < -0.39 is 0 Å². The standard InChI is InChI=1S/C11H13N3O/c1-9-5-4-8-13-10(9)11(15)14-7-3-2-6-12/h4-5,8H,2-3,7H2,1H3,(H,14,15). The topological polar surface area (TPSA) is 65.8 Å². The Hall–Kier alpha value is -1.89. The number of aryl methyl sites for hydroxylation is 1. The molecule has 0 saturated carbocycles. The largest absolute Gasteiger partial charge is 0.351 e. The van der Waals surface area contributed by atoms with Crippen LogP contribution >= 0.6 is 0 Å². The van der Waals surface area contributed by atoms with Crippen molar-refractivity contribution in [3.05, 3.63) is 29.6 Å². The Labute approximate surface area is 88.9 Å². The van der Waals surface area contributed by atoms with Gasteiger partial charge in [-0.2, -0.15) is 5.26 Å². The van der Waals surface area contributed by atoms with Crippen molar-refractivity contribution in [3.8, 4) is 6.07 Å². The number of unbranched alkanes of at least 4 members (excludes halogenated alkanes) is 1. The summed E-state index contributed by atoms with van der Waals surface area (Å²) >= 11 is 0. The minimum absolute atomic E-state index is 0.175. The maximum Gasteiger partial charge on any atom is 0.270 e. The first-order valence-electron chi connectivity index (χ1n) is 4.82. The molecule has 1 amide bonds. The molecule has 0 atom stereocenters. The van der Waals surface area contributed by atoms with E-state index in [-0.39, 0.29) is 5.91 Å². The maximum absolute atomic E-state index is 11.6. The average Bonchev–Trinajstić information content (AvgIpc) is 2.25. The van der Waals surface area contributed by atoms with Crippen molar-refractivity contribution in [3.63, 3.8) is 0 Å². The summed E-state index contributed by atoms with van der Waals surface area (Å²) < 4.78 is 0. The zero-order valence-electron chi connectivity index (χ0n) is 8.66. The van der Waals surface area contributed by atoms with Crippen LogP contribution in [0.5, 0.6) is 0 Å². The summed E-state index contributed by atoms with van der Waals surface area (Å²) in [6, 6.07) is 5.66. The van der Waals surface area contributed by atoms with Gasteiger partial charge in [0.25, 0.3) is 5.91 Å². The van der Waals surface area contributed by atoms with E-state index in [9.17, 15) is 4.79 Å². The van der Waals surface area contributed by atoms with E-state index in [1.54, 1.807) is 12.3 Å². The molecule has 0 aliphatic heterocycles. The molecule has 4 nitrogen and oxygen atoms in total. The van der Waals surface area contributed by atoms with Crippen LogP contribution in [0.4, 0.5) is 0 Å². The van der Waals surface area contributed by atoms with Crippen molar-refractivity contribution in [2.75, 3.05) is 6.54 Å². The second-order valence-electron chi connectivity index (χ2n) is 3.19. The average molecular weight is 203 g/mol. The molecule has 0 fully saturated rings. The van der Waals surface area contributed by atoms with Crippen molar-refractivity contribution < 1.29 is 4.79 Å². The molecule has 0 saturated heterocycles. The molecule has 0 radical (unpaired) electrons. The Kier molecular flexibility index (Phi) is 4.30. The third kappa shape index (κ3) is 3.39. The van der Waals surface area contributed by atoms with E-state index in [1.807, 2.05) is 19.1 Å². The van der Waals surface area contributed by atoms with Gasteiger partial charge in [0.1, 0.15) is 5.69 Å². The van der Waals surface area contributed by atoms with Gasteiger partial charge in [0.05, 0.1) is 6.07 Å². The van der Waals surface area contributed by atoms with Crippen LogP contribution in [0, 0.1) is 18.3 Å². The Balaban J connectivity index is 2.48. The van der Waals surface area contributed by atoms with Gasteiger partial charge in [0, 0.05) is 19.2 Å². The molecule has 1 N–H and O–H groups in total. The number of hydrogen-bond acceptors (Lipinski definition) is 3. The first kappa shape index (κ1) is 11.2. The quantitative estimate of drug-likeness (QED) is 0.752. The lowest BCUT2D eigenvalue weighted by Gasteiger charge is -2.04. The minimum atomic E-state index is -0.175. The number of amides is 1. The van der Waals surface area contributed by atoms with Gasteiger partial charge in [-0.05, 0) is 25.0 Å². The van der Waals surface area contributed by atoms with Gasteiger partial charge in [0.2, 0.25) is 0 Å². The van der Waals surface area contributed by atoms with Crippen LogP contribution in [0.1, 0.15) is 28.9 Å². The molecule has 15 heavy (non-hydrogen) atoms. The molecule has 0 spiro atoms. The molecular formula is C11H13N3O. The fourth-order valence-corrected chi connectivity index (χ4v) is 1.18. The predicted molar refractivity (Wildman–Crippen MR) is 56.2 cm³/mol. The summed E-state index contributed by atoms with van der Waals surface area (Å²) in [4.78, 5) is 15.6. The predicted octanol–water partition coefficient (Wildman–Crippen LogP) is 1.42. The molecule has 0 unspecified atom stereocenters. The zero-order valence-corrected chi connectivity index (χ0v) is 8.66. The number of aromatic nitrogens is 1. The summed E-state index contributed by atoms with van der Waals surface area (Å²) in [5, 5.41) is 11.0. The molecule has 78 valence electrons. The van der Waals surface area contributed by atoms with Gasteiger partial charge in [-0.1, -0.05) is 6.07 Å². The van der Waals surface area contributed by atoms with Crippen molar-refractivity contribution >= 4 is 5.91 Å². The van der Waals surface area contributed by atoms with Gasteiger partial charge >= 0.3 is 0 Å². The third-order valence-electron chi connectivity index (χ3n) is 1.98. The van der Waals surface area contributed by atoms with Gasteiger partial charge in [-0.15, -0.1) is 0 Å². The van der Waals surface area contributed by atoms with E-state index in [0.29, 0.717) is 25.1 Å². The molecule has 0 aromatic carbocycles. The first-order valence-corrected chi connectivity index (χ1v) is 4.82. The molecule has 0 bridgehead atoms. The minimum Gasteiger partial charge on any atom is -0.351 e. The lowest BCUT2D eigenvalue weighted by Crippen LogP contribution is -2.26. The van der Waals surface area contributed by atoms with Crippen LogP contribution in [0.2, 0.25) is 0 Å². The maximum atomic E-state index is 11.6. The van der Waals surface area contributed by atoms with Gasteiger partial charge in [-0.3, -0.25) is 9.78 Å². The van der Waals surface area contributed by atoms with E-state index in [2.05, 4.69) is 10.3 Å². The van der Waals surface area contributed by atoms with Crippen LogP contribution in [0.25, 0.3) is 0 Å². The van der Waals surface area contributed by atoms with Crippen molar-refractivity contribution in [1.82, 2.24) is 10.3 Å². The monoisotopic (exact) mass is 203 g/mol. The number of carbonyl (C=O) groups is 1. The van der Waals surface area contributed by atoms with Crippen LogP contribution in [0.15, 0.2) is 18.3 Å². The zero-order chi connectivity index (χ0) is 11.1. The fourth-order valence-electron chi connectivity index (χ4n) is 1.18. The smallest absolute Gasteiger partial charge is 0.270 e. The Bertz CT molecular complexity index is 382. The lowest BCUT2D eigenvalue weighted by atomic mass is 10.2. The van der Waals surface area contributed by atoms with Crippen LogP contribution < -0.4 is 5.32 Å². The summed E-state index contributed by atoms with van der Waals surface area (Å²) in [6.07, 6.45) is 2.73. The van der Waals surface area contributed by atoms with Crippen molar-refractivity contribution in [2.45, 2.75) is 19.8 Å². The first-order chi connectivity index (χ1) is 7.25. The van der Waals surface area contributed by atoms with E-state index >= 15 is 0 Å². The van der Waals surface area contributed by atoms with E-state index in [0.717, 1.165) is 5.56 Å². The number of rotatable bonds is 4. The number of nitriles is 1. The SMILES string of the molecule is Cc1cccnc1C(=O)NCCCC#N. The van der Waals surface area contributed by atoms with Crippen LogP contribution in [-0.2, 0) is 0 Å². The summed E-state index contributed by atoms with van der Waals surface area (Å²) in [5.74, 6) is -0.175. The fraction of sp³-hybridized carbons (Fsp3) is 0.364. The Morgan fingerprint density at radius 1 is 1.67 bits per heavy atom. The molecule has 4 heteroatoms. The molecule has 1 heterocycles. The third-order valence-corrected chi connectivity index (χ3v) is 1.98. The summed E-state index contributed by atoms with van der Waals surface area (Å²) in [6.45, 7) is 2.36. The second kappa shape index (κ2) is 5.76. The van der Waals surface area contributed by atoms with E-state index in [1.165, 1.54) is 0 Å². The van der Waals surface area contributed by atoms with Crippen molar-refractivity contribution in [2.24, 2.45) is 0 Å². The normalized spacial score (nSPS) is 9.33. The number of carbonyl (C=O) groups excluding carboxylic acids is 1.